The number of aromatic amines is 1. The Morgan fingerprint density at radius 2 is 2.00 bits per heavy atom. The number of aromatic nitrogens is 1. The monoisotopic (exact) mass is 333 g/mol. The van der Waals surface area contributed by atoms with E-state index in [9.17, 15) is 4.79 Å². The Balaban J connectivity index is 1.63. The van der Waals surface area contributed by atoms with Gasteiger partial charge in [-0.25, -0.2) is 0 Å². The van der Waals surface area contributed by atoms with E-state index in [4.69, 9.17) is 16.3 Å². The number of hydrogen-bond acceptors (Lipinski definition) is 3. The molecule has 2 N–H and O–H groups in total. The van der Waals surface area contributed by atoms with Gasteiger partial charge in [0, 0.05) is 31.0 Å². The van der Waals surface area contributed by atoms with Crippen LogP contribution in [0.25, 0.3) is 0 Å². The van der Waals surface area contributed by atoms with Gasteiger partial charge in [-0.05, 0) is 30.7 Å². The fourth-order valence-corrected chi connectivity index (χ4v) is 2.88. The molecule has 0 saturated carbocycles. The molecule has 23 heavy (non-hydrogen) atoms. The van der Waals surface area contributed by atoms with E-state index >= 15 is 0 Å². The van der Waals surface area contributed by atoms with Gasteiger partial charge in [0.25, 0.3) is 5.91 Å². The predicted octanol–water partition coefficient (Wildman–Crippen LogP) is 3.31. The molecular weight excluding hydrogens is 314 g/mol. The van der Waals surface area contributed by atoms with Gasteiger partial charge < -0.3 is 15.0 Å². The van der Waals surface area contributed by atoms with E-state index in [1.165, 1.54) is 5.56 Å². The van der Waals surface area contributed by atoms with Crippen LogP contribution < -0.4 is 5.32 Å². The van der Waals surface area contributed by atoms with Crippen LogP contribution in [0.3, 0.4) is 0 Å². The van der Waals surface area contributed by atoms with Gasteiger partial charge in [-0.2, -0.15) is 0 Å². The second-order valence-corrected chi connectivity index (χ2v) is 6.07. The molecule has 1 unspecified atom stereocenters. The smallest absolute Gasteiger partial charge is 0.272 e. The molecule has 1 aliphatic rings. The summed E-state index contributed by atoms with van der Waals surface area (Å²) < 4.78 is 5.39. The molecule has 2 aromatic rings. The number of anilines is 1. The highest BCUT2D eigenvalue weighted by atomic mass is 35.5. The second-order valence-electron chi connectivity index (χ2n) is 5.63. The molecular formula is C17H20ClN3O2. The summed E-state index contributed by atoms with van der Waals surface area (Å²) in [4.78, 5) is 17.3. The van der Waals surface area contributed by atoms with E-state index < -0.39 is 0 Å². The molecule has 1 aromatic heterocycles. The van der Waals surface area contributed by atoms with Crippen molar-refractivity contribution in [2.24, 2.45) is 0 Å². The molecule has 6 heteroatoms. The Morgan fingerprint density at radius 1 is 1.30 bits per heavy atom. The molecule has 0 spiro atoms. The molecule has 1 aromatic carbocycles. The van der Waals surface area contributed by atoms with Crippen LogP contribution >= 0.6 is 11.6 Å². The third kappa shape index (κ3) is 3.93. The Bertz CT molecular complexity index is 663. The normalized spacial score (nSPS) is 17.0. The van der Waals surface area contributed by atoms with Crippen molar-refractivity contribution < 1.29 is 9.53 Å². The summed E-state index contributed by atoms with van der Waals surface area (Å²) in [6, 6.07) is 9.90. The summed E-state index contributed by atoms with van der Waals surface area (Å²) in [5.41, 5.74) is 2.44. The Morgan fingerprint density at radius 3 is 2.61 bits per heavy atom. The van der Waals surface area contributed by atoms with E-state index in [2.05, 4.69) is 34.3 Å². The summed E-state index contributed by atoms with van der Waals surface area (Å²) in [6.07, 6.45) is 1.59. The van der Waals surface area contributed by atoms with Crippen LogP contribution in [-0.4, -0.2) is 42.1 Å². The molecule has 122 valence electrons. The molecule has 1 amide bonds. The number of morpholine rings is 1. The number of amides is 1. The average molecular weight is 334 g/mol. The lowest BCUT2D eigenvalue weighted by molar-refractivity contribution is 0.0198. The summed E-state index contributed by atoms with van der Waals surface area (Å²) in [5.74, 6) is -0.203. The number of nitrogens with one attached hydrogen (secondary N) is 2. The predicted molar refractivity (Wildman–Crippen MR) is 91.0 cm³/mol. The van der Waals surface area contributed by atoms with Crippen molar-refractivity contribution in [3.63, 3.8) is 0 Å². The first-order chi connectivity index (χ1) is 11.1. The van der Waals surface area contributed by atoms with E-state index in [0.717, 1.165) is 32.0 Å². The van der Waals surface area contributed by atoms with Gasteiger partial charge in [-0.15, -0.1) is 0 Å². The van der Waals surface area contributed by atoms with E-state index in [-0.39, 0.29) is 5.91 Å². The average Bonchev–Trinajstić information content (AvgIpc) is 3.02. The number of halogens is 1. The molecule has 1 saturated heterocycles. The lowest BCUT2D eigenvalue weighted by Gasteiger charge is -2.32. The van der Waals surface area contributed by atoms with E-state index in [1.807, 2.05) is 12.1 Å². The number of carbonyl (C=O) groups excluding carboxylic acids is 1. The molecule has 1 fully saturated rings. The van der Waals surface area contributed by atoms with Crippen LogP contribution in [0.15, 0.2) is 36.5 Å². The number of rotatable bonds is 4. The summed E-state index contributed by atoms with van der Waals surface area (Å²) >= 11 is 5.81. The zero-order chi connectivity index (χ0) is 16.2. The van der Waals surface area contributed by atoms with Gasteiger partial charge in [-0.1, -0.05) is 23.7 Å². The van der Waals surface area contributed by atoms with Gasteiger partial charge in [0.1, 0.15) is 5.69 Å². The van der Waals surface area contributed by atoms with E-state index in [1.54, 1.807) is 12.3 Å². The fourth-order valence-electron chi connectivity index (χ4n) is 2.72. The first-order valence-corrected chi connectivity index (χ1v) is 8.08. The van der Waals surface area contributed by atoms with Gasteiger partial charge >= 0.3 is 0 Å². The zero-order valence-electron chi connectivity index (χ0n) is 13.0. The molecule has 1 atom stereocenters. The highest BCUT2D eigenvalue weighted by Gasteiger charge is 2.18. The third-order valence-corrected chi connectivity index (χ3v) is 4.35. The van der Waals surface area contributed by atoms with Crippen LogP contribution in [-0.2, 0) is 4.74 Å². The first-order valence-electron chi connectivity index (χ1n) is 7.70. The van der Waals surface area contributed by atoms with Crippen molar-refractivity contribution in [2.45, 2.75) is 13.0 Å². The van der Waals surface area contributed by atoms with Gasteiger partial charge in [0.2, 0.25) is 0 Å². The minimum absolute atomic E-state index is 0.203. The summed E-state index contributed by atoms with van der Waals surface area (Å²) in [6.45, 7) is 5.68. The van der Waals surface area contributed by atoms with Crippen molar-refractivity contribution in [1.82, 2.24) is 9.88 Å². The molecule has 1 aliphatic heterocycles. The minimum atomic E-state index is -0.203. The number of hydrogen-bond donors (Lipinski definition) is 2. The maximum absolute atomic E-state index is 12.1. The van der Waals surface area contributed by atoms with Crippen LogP contribution in [0, 0.1) is 0 Å². The van der Waals surface area contributed by atoms with Crippen LogP contribution in [0.4, 0.5) is 5.69 Å². The van der Waals surface area contributed by atoms with E-state index in [0.29, 0.717) is 16.8 Å². The zero-order valence-corrected chi connectivity index (χ0v) is 13.8. The van der Waals surface area contributed by atoms with Crippen molar-refractivity contribution in [1.29, 1.82) is 0 Å². The first kappa shape index (κ1) is 16.1. The molecule has 5 nitrogen and oxygen atoms in total. The molecule has 0 aliphatic carbocycles. The third-order valence-electron chi connectivity index (χ3n) is 4.14. The number of carbonyl (C=O) groups is 1. The minimum Gasteiger partial charge on any atom is -0.379 e. The maximum Gasteiger partial charge on any atom is 0.272 e. The van der Waals surface area contributed by atoms with Crippen molar-refractivity contribution in [2.75, 3.05) is 31.6 Å². The molecule has 0 radical (unpaired) electrons. The quantitative estimate of drug-likeness (QED) is 0.902. The number of benzene rings is 1. The summed E-state index contributed by atoms with van der Waals surface area (Å²) in [7, 11) is 0. The van der Waals surface area contributed by atoms with Crippen molar-refractivity contribution >= 4 is 23.2 Å². The molecule has 2 heterocycles. The van der Waals surface area contributed by atoms with Crippen LogP contribution in [0.5, 0.6) is 0 Å². The molecule has 3 rings (SSSR count). The number of H-pyrrole nitrogens is 1. The number of nitrogens with zero attached hydrogens (tertiary/aromatic N) is 1. The fraction of sp³-hybridized carbons (Fsp3) is 0.353. The summed E-state index contributed by atoms with van der Waals surface area (Å²) in [5, 5.41) is 3.37. The van der Waals surface area contributed by atoms with Crippen molar-refractivity contribution in [3.05, 3.63) is 52.8 Å². The van der Waals surface area contributed by atoms with Gasteiger partial charge in [0.05, 0.1) is 18.2 Å². The lowest BCUT2D eigenvalue weighted by Crippen LogP contribution is -2.37. The topological polar surface area (TPSA) is 57.4 Å². The Kier molecular flexibility index (Phi) is 5.00. The standard InChI is InChI=1S/C17H20ClN3O2/c1-12(21-6-8-23-9-7-21)13-2-4-15(5-3-13)20-17(22)16-10-14(18)11-19-16/h2-5,10-12,19H,6-9H2,1H3,(H,20,22). The second kappa shape index (κ2) is 7.17. The van der Waals surface area contributed by atoms with Gasteiger partial charge in [0.15, 0.2) is 0 Å². The SMILES string of the molecule is CC(c1ccc(NC(=O)c2cc(Cl)c[nH]2)cc1)N1CCOCC1. The highest BCUT2D eigenvalue weighted by molar-refractivity contribution is 6.31. The Hall–Kier alpha value is -1.82. The molecule has 0 bridgehead atoms. The number of ether oxygens (including phenoxy) is 1. The van der Waals surface area contributed by atoms with Crippen LogP contribution in [0.1, 0.15) is 29.0 Å². The van der Waals surface area contributed by atoms with Crippen LogP contribution in [0.2, 0.25) is 5.02 Å². The lowest BCUT2D eigenvalue weighted by atomic mass is 10.1. The maximum atomic E-state index is 12.1. The van der Waals surface area contributed by atoms with Gasteiger partial charge in [-0.3, -0.25) is 9.69 Å². The highest BCUT2D eigenvalue weighted by Crippen LogP contribution is 2.23. The van der Waals surface area contributed by atoms with Crippen molar-refractivity contribution in [3.8, 4) is 0 Å². The largest absolute Gasteiger partial charge is 0.379 e. The Labute approximate surface area is 140 Å².